The summed E-state index contributed by atoms with van der Waals surface area (Å²) in [6, 6.07) is 3.74. The number of methoxy groups -OCH3 is 1. The summed E-state index contributed by atoms with van der Waals surface area (Å²) in [6.07, 6.45) is 0. The van der Waals surface area contributed by atoms with Crippen LogP contribution < -0.4 is 5.32 Å². The van der Waals surface area contributed by atoms with Gasteiger partial charge in [0.2, 0.25) is 0 Å². The summed E-state index contributed by atoms with van der Waals surface area (Å²) < 4.78 is 5.05. The van der Waals surface area contributed by atoms with Crippen molar-refractivity contribution in [1.82, 2.24) is 4.90 Å². The van der Waals surface area contributed by atoms with Gasteiger partial charge in [0.15, 0.2) is 0 Å². The molecule has 8 heteroatoms. The van der Waals surface area contributed by atoms with Crippen molar-refractivity contribution >= 4 is 39.6 Å². The summed E-state index contributed by atoms with van der Waals surface area (Å²) in [5.74, 6) is -1.63. The number of hydrogen-bond acceptors (Lipinski definition) is 4. The van der Waals surface area contributed by atoms with E-state index < -0.39 is 18.0 Å². The van der Waals surface area contributed by atoms with Gasteiger partial charge in [0.05, 0.1) is 18.4 Å². The molecule has 0 aliphatic heterocycles. The number of ether oxygens (including phenoxy) is 1. The number of likely N-dealkylation sites (N-methyl/N-ethyl adjacent to an activating group) is 1. The molecule has 0 unspecified atom stereocenters. The number of rotatable bonds is 5. The van der Waals surface area contributed by atoms with Gasteiger partial charge < -0.3 is 20.1 Å². The third-order valence-electron chi connectivity index (χ3n) is 2.67. The SMILES string of the molecule is CCN(CC(=O)OC)C(=O)Nc1cc(C(=O)O)ccc1Br. The number of aromatic carboxylic acids is 1. The lowest BCUT2D eigenvalue weighted by Gasteiger charge is -2.20. The maximum absolute atomic E-state index is 12.1. The zero-order valence-corrected chi connectivity index (χ0v) is 13.1. The number of carboxylic acids is 1. The molecule has 0 radical (unpaired) electrons. The second-order valence-electron chi connectivity index (χ2n) is 4.02. The van der Waals surface area contributed by atoms with Crippen LogP contribution in [0, 0.1) is 0 Å². The van der Waals surface area contributed by atoms with Crippen molar-refractivity contribution in [3.8, 4) is 0 Å². The third kappa shape index (κ3) is 4.75. The summed E-state index contributed by atoms with van der Waals surface area (Å²) in [5, 5.41) is 11.5. The zero-order valence-electron chi connectivity index (χ0n) is 11.6. The Bertz CT molecular complexity index is 561. The van der Waals surface area contributed by atoms with Gasteiger partial charge in [0.25, 0.3) is 0 Å². The quantitative estimate of drug-likeness (QED) is 0.786. The summed E-state index contributed by atoms with van der Waals surface area (Å²) in [6.45, 7) is 1.83. The highest BCUT2D eigenvalue weighted by Gasteiger charge is 2.17. The minimum Gasteiger partial charge on any atom is -0.478 e. The molecule has 114 valence electrons. The van der Waals surface area contributed by atoms with Crippen molar-refractivity contribution in [1.29, 1.82) is 0 Å². The fourth-order valence-electron chi connectivity index (χ4n) is 1.50. The molecule has 7 nitrogen and oxygen atoms in total. The predicted octanol–water partition coefficient (Wildman–Crippen LogP) is 2.17. The highest BCUT2D eigenvalue weighted by Crippen LogP contribution is 2.24. The number of nitrogens with zero attached hydrogens (tertiary/aromatic N) is 1. The Hall–Kier alpha value is -2.09. The average Bonchev–Trinajstić information content (AvgIpc) is 2.46. The van der Waals surface area contributed by atoms with Crippen molar-refractivity contribution < 1.29 is 24.2 Å². The Labute approximate surface area is 130 Å². The molecule has 1 aromatic carbocycles. The van der Waals surface area contributed by atoms with E-state index in [2.05, 4.69) is 26.0 Å². The number of halogens is 1. The number of esters is 1. The number of carbonyl (C=O) groups is 3. The van der Waals surface area contributed by atoms with Gasteiger partial charge in [0, 0.05) is 11.0 Å². The molecule has 2 amide bonds. The minimum absolute atomic E-state index is 0.0458. The zero-order chi connectivity index (χ0) is 16.0. The number of hydrogen-bond donors (Lipinski definition) is 2. The highest BCUT2D eigenvalue weighted by molar-refractivity contribution is 9.10. The molecule has 0 aliphatic carbocycles. The molecule has 0 spiro atoms. The monoisotopic (exact) mass is 358 g/mol. The topological polar surface area (TPSA) is 95.9 Å². The normalized spacial score (nSPS) is 9.86. The Morgan fingerprint density at radius 2 is 2.05 bits per heavy atom. The number of urea groups is 1. The minimum atomic E-state index is -1.10. The van der Waals surface area contributed by atoms with E-state index in [9.17, 15) is 14.4 Å². The van der Waals surface area contributed by atoms with Crippen molar-refractivity contribution in [2.45, 2.75) is 6.92 Å². The fraction of sp³-hybridized carbons (Fsp3) is 0.308. The van der Waals surface area contributed by atoms with Gasteiger partial charge in [-0.2, -0.15) is 0 Å². The van der Waals surface area contributed by atoms with E-state index in [0.717, 1.165) is 0 Å². The molecule has 1 aromatic rings. The van der Waals surface area contributed by atoms with Gasteiger partial charge in [-0.25, -0.2) is 9.59 Å². The van der Waals surface area contributed by atoms with Gasteiger partial charge in [-0.3, -0.25) is 4.79 Å². The standard InChI is InChI=1S/C13H15BrN2O5/c1-3-16(7-11(17)21-2)13(20)15-10-6-8(12(18)19)4-5-9(10)14/h4-6H,3,7H2,1-2H3,(H,15,20)(H,18,19). The van der Waals surface area contributed by atoms with Crippen molar-refractivity contribution in [3.63, 3.8) is 0 Å². The molecule has 0 saturated carbocycles. The van der Waals surface area contributed by atoms with Gasteiger partial charge in [-0.05, 0) is 41.1 Å². The molecule has 0 aromatic heterocycles. The second kappa shape index (κ2) is 7.63. The van der Waals surface area contributed by atoms with Crippen LogP contribution in [0.3, 0.4) is 0 Å². The van der Waals surface area contributed by atoms with E-state index in [1.54, 1.807) is 6.92 Å². The molecule has 1 rings (SSSR count). The summed E-state index contributed by atoms with van der Waals surface area (Å²) in [4.78, 5) is 35.5. The smallest absolute Gasteiger partial charge is 0.335 e. The molecule has 0 bridgehead atoms. The predicted molar refractivity (Wildman–Crippen MR) is 79.4 cm³/mol. The molecule has 0 fully saturated rings. The maximum Gasteiger partial charge on any atom is 0.335 e. The van der Waals surface area contributed by atoms with E-state index in [1.165, 1.54) is 30.2 Å². The van der Waals surface area contributed by atoms with Gasteiger partial charge in [-0.15, -0.1) is 0 Å². The van der Waals surface area contributed by atoms with Crippen LogP contribution in [0.15, 0.2) is 22.7 Å². The van der Waals surface area contributed by atoms with E-state index in [1.807, 2.05) is 0 Å². The fourth-order valence-corrected chi connectivity index (χ4v) is 1.84. The van der Waals surface area contributed by atoms with Crippen LogP contribution in [-0.2, 0) is 9.53 Å². The molecule has 2 N–H and O–H groups in total. The van der Waals surface area contributed by atoms with E-state index in [-0.39, 0.29) is 12.1 Å². The maximum atomic E-state index is 12.1. The number of nitrogens with one attached hydrogen (secondary N) is 1. The Morgan fingerprint density at radius 1 is 1.38 bits per heavy atom. The molecular formula is C13H15BrN2O5. The van der Waals surface area contributed by atoms with Crippen LogP contribution in [0.25, 0.3) is 0 Å². The number of carbonyl (C=O) groups excluding carboxylic acids is 2. The van der Waals surface area contributed by atoms with Crippen molar-refractivity contribution in [2.24, 2.45) is 0 Å². The first-order valence-electron chi connectivity index (χ1n) is 6.04. The molecule has 0 aliphatic rings. The summed E-state index contributed by atoms with van der Waals surface area (Å²) in [5.41, 5.74) is 0.354. The lowest BCUT2D eigenvalue weighted by Crippen LogP contribution is -2.39. The molecule has 0 heterocycles. The lowest BCUT2D eigenvalue weighted by atomic mass is 10.2. The lowest BCUT2D eigenvalue weighted by molar-refractivity contribution is -0.141. The summed E-state index contributed by atoms with van der Waals surface area (Å²) >= 11 is 3.23. The van der Waals surface area contributed by atoms with Gasteiger partial charge in [0.1, 0.15) is 6.54 Å². The van der Waals surface area contributed by atoms with Crippen LogP contribution in [0.5, 0.6) is 0 Å². The van der Waals surface area contributed by atoms with Gasteiger partial charge >= 0.3 is 18.0 Å². The Morgan fingerprint density at radius 3 is 2.57 bits per heavy atom. The number of carboxylic acid groups (broad SMARTS) is 1. The second-order valence-corrected chi connectivity index (χ2v) is 4.87. The van der Waals surface area contributed by atoms with Crippen LogP contribution in [0.2, 0.25) is 0 Å². The van der Waals surface area contributed by atoms with Crippen molar-refractivity contribution in [2.75, 3.05) is 25.5 Å². The van der Waals surface area contributed by atoms with Crippen LogP contribution >= 0.6 is 15.9 Å². The first-order chi connectivity index (χ1) is 9.88. The summed E-state index contributed by atoms with van der Waals surface area (Å²) in [7, 11) is 1.24. The van der Waals surface area contributed by atoms with Crippen LogP contribution in [0.1, 0.15) is 17.3 Å². The molecule has 0 saturated heterocycles. The van der Waals surface area contributed by atoms with Crippen molar-refractivity contribution in [3.05, 3.63) is 28.2 Å². The molecule has 0 atom stereocenters. The first kappa shape index (κ1) is 17.0. The largest absolute Gasteiger partial charge is 0.478 e. The van der Waals surface area contributed by atoms with E-state index >= 15 is 0 Å². The third-order valence-corrected chi connectivity index (χ3v) is 3.36. The highest BCUT2D eigenvalue weighted by atomic mass is 79.9. The Kier molecular flexibility index (Phi) is 6.16. The molecule has 21 heavy (non-hydrogen) atoms. The molecular weight excluding hydrogens is 344 g/mol. The Balaban J connectivity index is 2.88. The number of amides is 2. The van der Waals surface area contributed by atoms with E-state index in [0.29, 0.717) is 16.7 Å². The van der Waals surface area contributed by atoms with E-state index in [4.69, 9.17) is 5.11 Å². The van der Waals surface area contributed by atoms with Gasteiger partial charge in [-0.1, -0.05) is 0 Å². The van der Waals surface area contributed by atoms with Crippen LogP contribution in [0.4, 0.5) is 10.5 Å². The van der Waals surface area contributed by atoms with Crippen LogP contribution in [-0.4, -0.2) is 48.2 Å². The first-order valence-corrected chi connectivity index (χ1v) is 6.84. The average molecular weight is 359 g/mol. The number of benzene rings is 1. The number of anilines is 1.